The Morgan fingerprint density at radius 2 is 2.00 bits per heavy atom. The van der Waals surface area contributed by atoms with Gasteiger partial charge in [0.2, 0.25) is 0 Å². The Kier molecular flexibility index (Phi) is 5.80. The van der Waals surface area contributed by atoms with Crippen molar-refractivity contribution >= 4 is 0 Å². The molecule has 0 aromatic heterocycles. The lowest BCUT2D eigenvalue weighted by Crippen LogP contribution is -2.35. The van der Waals surface area contributed by atoms with Crippen molar-refractivity contribution in [3.8, 4) is 5.75 Å². The first-order chi connectivity index (χ1) is 8.80. The zero-order valence-corrected chi connectivity index (χ0v) is 12.7. The highest BCUT2D eigenvalue weighted by Crippen LogP contribution is 2.22. The van der Waals surface area contributed by atoms with Crippen LogP contribution in [0.5, 0.6) is 5.75 Å². The van der Waals surface area contributed by atoms with E-state index in [1.165, 1.54) is 12.1 Å². The van der Waals surface area contributed by atoms with Crippen molar-refractivity contribution in [2.75, 3.05) is 19.7 Å². The van der Waals surface area contributed by atoms with Crippen LogP contribution in [0.1, 0.15) is 33.3 Å². The van der Waals surface area contributed by atoms with Crippen LogP contribution in [-0.4, -0.2) is 19.7 Å². The number of ether oxygens (including phenoxy) is 1. The van der Waals surface area contributed by atoms with Crippen LogP contribution in [-0.2, 0) is 0 Å². The van der Waals surface area contributed by atoms with E-state index in [1.54, 1.807) is 6.07 Å². The average Bonchev–Trinajstić information content (AvgIpc) is 2.30. The van der Waals surface area contributed by atoms with E-state index in [9.17, 15) is 4.39 Å². The second kappa shape index (κ2) is 6.90. The summed E-state index contributed by atoms with van der Waals surface area (Å²) in [6, 6.07) is 4.65. The second-order valence-electron chi connectivity index (χ2n) is 6.39. The molecule has 108 valence electrons. The molecule has 0 heterocycles. The summed E-state index contributed by atoms with van der Waals surface area (Å²) in [6.45, 7) is 13.1. The highest BCUT2D eigenvalue weighted by molar-refractivity contribution is 5.32. The molecule has 0 aliphatic rings. The summed E-state index contributed by atoms with van der Waals surface area (Å²) >= 11 is 0. The lowest BCUT2D eigenvalue weighted by atomic mass is 9.94. The fraction of sp³-hybridized carbons (Fsp3) is 0.625. The molecule has 19 heavy (non-hydrogen) atoms. The third-order valence-electron chi connectivity index (χ3n) is 2.92. The molecular formula is C16H26FNO. The van der Waals surface area contributed by atoms with E-state index < -0.39 is 0 Å². The van der Waals surface area contributed by atoms with Gasteiger partial charge in [-0.1, -0.05) is 33.8 Å². The van der Waals surface area contributed by atoms with Crippen molar-refractivity contribution in [3.05, 3.63) is 29.6 Å². The molecule has 1 N–H and O–H groups in total. The fourth-order valence-electron chi connectivity index (χ4n) is 1.75. The minimum Gasteiger partial charge on any atom is -0.493 e. The van der Waals surface area contributed by atoms with Crippen LogP contribution in [0.25, 0.3) is 0 Å². The Morgan fingerprint density at radius 1 is 1.32 bits per heavy atom. The Balaban J connectivity index is 2.47. The summed E-state index contributed by atoms with van der Waals surface area (Å²) in [5.41, 5.74) is 0.987. The Labute approximate surface area is 116 Å². The average molecular weight is 267 g/mol. The van der Waals surface area contributed by atoms with Crippen LogP contribution in [0.15, 0.2) is 18.2 Å². The number of benzene rings is 1. The summed E-state index contributed by atoms with van der Waals surface area (Å²) in [6.07, 6.45) is 0. The largest absolute Gasteiger partial charge is 0.493 e. The second-order valence-corrected chi connectivity index (χ2v) is 6.39. The van der Waals surface area contributed by atoms with Gasteiger partial charge in [0.05, 0.1) is 6.61 Å². The van der Waals surface area contributed by atoms with E-state index in [2.05, 4.69) is 33.0 Å². The van der Waals surface area contributed by atoms with Gasteiger partial charge < -0.3 is 10.1 Å². The smallest absolute Gasteiger partial charge is 0.126 e. The van der Waals surface area contributed by atoms with Gasteiger partial charge >= 0.3 is 0 Å². The highest BCUT2D eigenvalue weighted by atomic mass is 19.1. The lowest BCUT2D eigenvalue weighted by Gasteiger charge is -2.26. The van der Waals surface area contributed by atoms with Crippen LogP contribution in [0.4, 0.5) is 4.39 Å². The molecule has 0 fully saturated rings. The van der Waals surface area contributed by atoms with Gasteiger partial charge in [-0.25, -0.2) is 4.39 Å². The van der Waals surface area contributed by atoms with Crippen LogP contribution in [0.2, 0.25) is 0 Å². The number of hydrogen-bond donors (Lipinski definition) is 1. The van der Waals surface area contributed by atoms with Crippen LogP contribution in [0.3, 0.4) is 0 Å². The van der Waals surface area contributed by atoms with Crippen LogP contribution < -0.4 is 10.1 Å². The maximum atomic E-state index is 13.2. The first-order valence-electron chi connectivity index (χ1n) is 6.90. The molecule has 0 radical (unpaired) electrons. The molecule has 0 bridgehead atoms. The molecule has 0 saturated carbocycles. The summed E-state index contributed by atoms with van der Waals surface area (Å²) in [4.78, 5) is 0. The minimum absolute atomic E-state index is 0.0215. The molecule has 3 heteroatoms. The zero-order chi connectivity index (χ0) is 14.5. The van der Waals surface area contributed by atoms with Gasteiger partial charge in [-0.15, -0.1) is 0 Å². The molecule has 1 rings (SSSR count). The van der Waals surface area contributed by atoms with Gasteiger partial charge in [0.15, 0.2) is 0 Å². The summed E-state index contributed by atoms with van der Waals surface area (Å²) in [5, 5.41) is 3.43. The molecule has 1 aromatic carbocycles. The molecule has 0 saturated heterocycles. The third-order valence-corrected chi connectivity index (χ3v) is 2.92. The maximum Gasteiger partial charge on any atom is 0.126 e. The number of hydrogen-bond acceptors (Lipinski definition) is 2. The summed E-state index contributed by atoms with van der Waals surface area (Å²) in [7, 11) is 0. The van der Waals surface area contributed by atoms with Gasteiger partial charge in [-0.3, -0.25) is 0 Å². The van der Waals surface area contributed by atoms with E-state index in [0.717, 1.165) is 18.7 Å². The Morgan fingerprint density at radius 3 is 2.63 bits per heavy atom. The molecule has 1 aromatic rings. The third kappa shape index (κ3) is 6.06. The van der Waals surface area contributed by atoms with Crippen LogP contribution >= 0.6 is 0 Å². The quantitative estimate of drug-likeness (QED) is 0.811. The van der Waals surface area contributed by atoms with Crippen molar-refractivity contribution in [3.63, 3.8) is 0 Å². The predicted molar refractivity (Wildman–Crippen MR) is 78.1 cm³/mol. The maximum absolute atomic E-state index is 13.2. The highest BCUT2D eigenvalue weighted by Gasteiger charge is 2.19. The van der Waals surface area contributed by atoms with Gasteiger partial charge in [0.1, 0.15) is 11.6 Å². The standard InChI is InChI=1S/C16H26FNO/c1-12(2)9-18-10-16(4,5)11-19-15-8-14(17)7-6-13(15)3/h6-8,12,18H,9-11H2,1-5H3. The van der Waals surface area contributed by atoms with Crippen molar-refractivity contribution in [2.24, 2.45) is 11.3 Å². The van der Waals surface area contributed by atoms with E-state index >= 15 is 0 Å². The summed E-state index contributed by atoms with van der Waals surface area (Å²) < 4.78 is 18.9. The first kappa shape index (κ1) is 16.0. The number of rotatable bonds is 7. The van der Waals surface area contributed by atoms with E-state index in [-0.39, 0.29) is 11.2 Å². The van der Waals surface area contributed by atoms with Gasteiger partial charge in [0, 0.05) is 18.0 Å². The van der Waals surface area contributed by atoms with E-state index in [0.29, 0.717) is 18.3 Å². The van der Waals surface area contributed by atoms with E-state index in [4.69, 9.17) is 4.74 Å². The monoisotopic (exact) mass is 267 g/mol. The number of aryl methyl sites for hydroxylation is 1. The zero-order valence-electron chi connectivity index (χ0n) is 12.7. The predicted octanol–water partition coefficient (Wildman–Crippen LogP) is 3.78. The molecular weight excluding hydrogens is 241 g/mol. The van der Waals surface area contributed by atoms with Gasteiger partial charge in [0.25, 0.3) is 0 Å². The molecule has 0 amide bonds. The molecule has 2 nitrogen and oxygen atoms in total. The lowest BCUT2D eigenvalue weighted by molar-refractivity contribution is 0.174. The van der Waals surface area contributed by atoms with Crippen molar-refractivity contribution in [2.45, 2.75) is 34.6 Å². The molecule has 0 atom stereocenters. The van der Waals surface area contributed by atoms with Gasteiger partial charge in [-0.05, 0) is 31.0 Å². The Hall–Kier alpha value is -1.09. The van der Waals surface area contributed by atoms with Crippen LogP contribution in [0, 0.1) is 24.1 Å². The van der Waals surface area contributed by atoms with Crippen molar-refractivity contribution in [1.82, 2.24) is 5.32 Å². The molecule has 0 unspecified atom stereocenters. The van der Waals surface area contributed by atoms with Crippen molar-refractivity contribution < 1.29 is 9.13 Å². The number of halogens is 1. The van der Waals surface area contributed by atoms with Gasteiger partial charge in [-0.2, -0.15) is 0 Å². The Bertz CT molecular complexity index is 402. The fourth-order valence-corrected chi connectivity index (χ4v) is 1.75. The first-order valence-corrected chi connectivity index (χ1v) is 6.90. The normalized spacial score (nSPS) is 11.9. The molecule has 0 aliphatic carbocycles. The molecule has 0 spiro atoms. The van der Waals surface area contributed by atoms with E-state index in [1.807, 2.05) is 6.92 Å². The summed E-state index contributed by atoms with van der Waals surface area (Å²) in [5.74, 6) is 1.02. The van der Waals surface area contributed by atoms with Crippen molar-refractivity contribution in [1.29, 1.82) is 0 Å². The topological polar surface area (TPSA) is 21.3 Å². The number of nitrogens with one attached hydrogen (secondary N) is 1. The minimum atomic E-state index is -0.253. The molecule has 0 aliphatic heterocycles. The SMILES string of the molecule is Cc1ccc(F)cc1OCC(C)(C)CNCC(C)C.